The van der Waals surface area contributed by atoms with Crippen molar-refractivity contribution in [2.75, 3.05) is 0 Å². The number of hydrogen-bond acceptors (Lipinski definition) is 2. The van der Waals surface area contributed by atoms with Crippen molar-refractivity contribution < 1.29 is 18.3 Å². The number of halogens is 3. The first kappa shape index (κ1) is 14.9. The van der Waals surface area contributed by atoms with Crippen LogP contribution in [0.3, 0.4) is 0 Å². The van der Waals surface area contributed by atoms with Gasteiger partial charge < -0.3 is 11.3 Å². The Morgan fingerprint density at radius 1 is 1.06 bits per heavy atom. The van der Waals surface area contributed by atoms with Crippen LogP contribution in [-0.2, 0) is 6.18 Å². The van der Waals surface area contributed by atoms with Gasteiger partial charge in [0.2, 0.25) is 0 Å². The number of aliphatic hydroxyl groups excluding tert-OH is 1. The van der Waals surface area contributed by atoms with Crippen molar-refractivity contribution in [1.29, 1.82) is 0 Å². The van der Waals surface area contributed by atoms with Gasteiger partial charge in [-0.15, -0.1) is 0 Å². The molecule has 92 valence electrons. The van der Waals surface area contributed by atoms with E-state index in [4.69, 9.17) is 0 Å². The summed E-state index contributed by atoms with van der Waals surface area (Å²) in [7, 11) is 0. The first-order chi connectivity index (χ1) is 6.82. The molecular formula is C11H16F3NO. The highest BCUT2D eigenvalue weighted by atomic mass is 19.4. The molecule has 0 aliphatic carbocycles. The third-order valence-corrected chi connectivity index (χ3v) is 2.21. The highest BCUT2D eigenvalue weighted by Gasteiger charge is 2.30. The van der Waals surface area contributed by atoms with Gasteiger partial charge in [-0.1, -0.05) is 26.0 Å². The lowest BCUT2D eigenvalue weighted by atomic mass is 9.98. The zero-order valence-electron chi connectivity index (χ0n) is 9.25. The van der Waals surface area contributed by atoms with E-state index in [2.05, 4.69) is 0 Å². The lowest BCUT2D eigenvalue weighted by Crippen LogP contribution is -2.08. The molecule has 0 saturated heterocycles. The van der Waals surface area contributed by atoms with Crippen LogP contribution < -0.4 is 6.15 Å². The number of benzene rings is 1. The van der Waals surface area contributed by atoms with Crippen molar-refractivity contribution in [3.05, 3.63) is 35.4 Å². The van der Waals surface area contributed by atoms with Crippen LogP contribution in [0.5, 0.6) is 0 Å². The maximum Gasteiger partial charge on any atom is 0.416 e. The minimum Gasteiger partial charge on any atom is -0.388 e. The second-order valence-electron chi connectivity index (χ2n) is 3.81. The van der Waals surface area contributed by atoms with Crippen molar-refractivity contribution in [1.82, 2.24) is 6.15 Å². The molecular weight excluding hydrogens is 219 g/mol. The second kappa shape index (κ2) is 5.32. The molecule has 16 heavy (non-hydrogen) atoms. The minimum atomic E-state index is -4.32. The molecule has 0 saturated carbocycles. The zero-order valence-corrected chi connectivity index (χ0v) is 9.25. The van der Waals surface area contributed by atoms with E-state index in [1.165, 1.54) is 12.1 Å². The van der Waals surface area contributed by atoms with Gasteiger partial charge in [0.05, 0.1) is 11.7 Å². The Morgan fingerprint density at radius 3 is 1.81 bits per heavy atom. The first-order valence-electron chi connectivity index (χ1n) is 4.67. The molecule has 1 aromatic carbocycles. The van der Waals surface area contributed by atoms with Gasteiger partial charge in [0, 0.05) is 0 Å². The fourth-order valence-corrected chi connectivity index (χ4v) is 1.25. The van der Waals surface area contributed by atoms with Gasteiger partial charge in [0.1, 0.15) is 0 Å². The molecule has 0 radical (unpaired) electrons. The highest BCUT2D eigenvalue weighted by molar-refractivity contribution is 5.26. The van der Waals surface area contributed by atoms with Crippen LogP contribution in [0.1, 0.15) is 31.1 Å². The Bertz CT molecular complexity index is 319. The summed E-state index contributed by atoms with van der Waals surface area (Å²) in [6.07, 6.45) is -5.03. The number of hydrogen-bond donors (Lipinski definition) is 2. The Balaban J connectivity index is 0.00000225. The molecule has 2 nitrogen and oxygen atoms in total. The van der Waals surface area contributed by atoms with Crippen molar-refractivity contribution in [2.45, 2.75) is 26.1 Å². The Morgan fingerprint density at radius 2 is 1.50 bits per heavy atom. The number of alkyl halides is 3. The predicted octanol–water partition coefficient (Wildman–Crippen LogP) is 3.56. The van der Waals surface area contributed by atoms with Crippen molar-refractivity contribution >= 4 is 0 Å². The van der Waals surface area contributed by atoms with Crippen LogP contribution in [0.25, 0.3) is 0 Å². The average Bonchev–Trinajstić information content (AvgIpc) is 2.15. The van der Waals surface area contributed by atoms with Crippen molar-refractivity contribution in [3.8, 4) is 0 Å². The van der Waals surface area contributed by atoms with Crippen LogP contribution in [0.15, 0.2) is 24.3 Å². The van der Waals surface area contributed by atoms with Crippen LogP contribution in [-0.4, -0.2) is 5.11 Å². The van der Waals surface area contributed by atoms with Crippen LogP contribution in [0, 0.1) is 5.92 Å². The van der Waals surface area contributed by atoms with E-state index in [0.29, 0.717) is 5.56 Å². The standard InChI is InChI=1S/C11H13F3O.H3N/c1-7(2)10(15)8-3-5-9(6-4-8)11(12,13)14;/h3-7,10,15H,1-2H3;1H3. The quantitative estimate of drug-likeness (QED) is 0.823. The van der Waals surface area contributed by atoms with E-state index < -0.39 is 17.8 Å². The molecule has 0 spiro atoms. The van der Waals surface area contributed by atoms with Gasteiger partial charge >= 0.3 is 6.18 Å². The number of aliphatic hydroxyl groups is 1. The monoisotopic (exact) mass is 235 g/mol. The normalized spacial score (nSPS) is 13.4. The maximum absolute atomic E-state index is 12.2. The summed E-state index contributed by atoms with van der Waals surface area (Å²) < 4.78 is 36.7. The largest absolute Gasteiger partial charge is 0.416 e. The molecule has 5 heteroatoms. The Hall–Kier alpha value is -1.07. The third kappa shape index (κ3) is 3.50. The summed E-state index contributed by atoms with van der Waals surface area (Å²) >= 11 is 0. The number of rotatable bonds is 2. The van der Waals surface area contributed by atoms with Gasteiger partial charge in [-0.3, -0.25) is 0 Å². The van der Waals surface area contributed by atoms with E-state index in [1.54, 1.807) is 0 Å². The summed E-state index contributed by atoms with van der Waals surface area (Å²) in [5.41, 5.74) is -0.180. The summed E-state index contributed by atoms with van der Waals surface area (Å²) in [4.78, 5) is 0. The molecule has 1 atom stereocenters. The molecule has 0 fully saturated rings. The molecule has 4 N–H and O–H groups in total. The SMILES string of the molecule is CC(C)C(O)c1ccc(C(F)(F)F)cc1.N. The van der Waals surface area contributed by atoms with E-state index in [9.17, 15) is 18.3 Å². The van der Waals surface area contributed by atoms with Gasteiger partial charge in [-0.25, -0.2) is 0 Å². The summed E-state index contributed by atoms with van der Waals surface area (Å²) in [5.74, 6) is -0.0123. The topological polar surface area (TPSA) is 55.2 Å². The van der Waals surface area contributed by atoms with Crippen LogP contribution in [0.4, 0.5) is 13.2 Å². The molecule has 1 unspecified atom stereocenters. The predicted molar refractivity (Wildman–Crippen MR) is 56.3 cm³/mol. The lowest BCUT2D eigenvalue weighted by Gasteiger charge is -2.15. The lowest BCUT2D eigenvalue weighted by molar-refractivity contribution is -0.137. The zero-order chi connectivity index (χ0) is 11.6. The van der Waals surface area contributed by atoms with E-state index in [1.807, 2.05) is 13.8 Å². The van der Waals surface area contributed by atoms with Gasteiger partial charge in [-0.2, -0.15) is 13.2 Å². The van der Waals surface area contributed by atoms with Gasteiger partial charge in [-0.05, 0) is 23.6 Å². The van der Waals surface area contributed by atoms with Gasteiger partial charge in [0.15, 0.2) is 0 Å². The minimum absolute atomic E-state index is 0. The molecule has 0 aliphatic heterocycles. The Labute approximate surface area is 92.7 Å². The Kier molecular flexibility index (Phi) is 4.96. The van der Waals surface area contributed by atoms with Crippen molar-refractivity contribution in [3.63, 3.8) is 0 Å². The van der Waals surface area contributed by atoms with E-state index in [0.717, 1.165) is 12.1 Å². The second-order valence-corrected chi connectivity index (χ2v) is 3.81. The fraction of sp³-hybridized carbons (Fsp3) is 0.455. The summed E-state index contributed by atoms with van der Waals surface area (Å²) in [6, 6.07) is 4.60. The molecule has 1 aromatic rings. The average molecular weight is 235 g/mol. The first-order valence-corrected chi connectivity index (χ1v) is 4.67. The molecule has 1 rings (SSSR count). The molecule has 0 aliphatic rings. The molecule has 0 bridgehead atoms. The van der Waals surface area contributed by atoms with Crippen LogP contribution in [0.2, 0.25) is 0 Å². The van der Waals surface area contributed by atoms with Gasteiger partial charge in [0.25, 0.3) is 0 Å². The van der Waals surface area contributed by atoms with Crippen LogP contribution >= 0.6 is 0 Å². The van der Waals surface area contributed by atoms with Crippen molar-refractivity contribution in [2.24, 2.45) is 5.92 Å². The summed E-state index contributed by atoms with van der Waals surface area (Å²) in [5, 5.41) is 9.61. The maximum atomic E-state index is 12.2. The highest BCUT2D eigenvalue weighted by Crippen LogP contribution is 2.30. The summed E-state index contributed by atoms with van der Waals surface area (Å²) in [6.45, 7) is 3.62. The smallest absolute Gasteiger partial charge is 0.388 e. The molecule has 0 heterocycles. The molecule has 0 amide bonds. The van der Waals surface area contributed by atoms with E-state index in [-0.39, 0.29) is 12.1 Å². The third-order valence-electron chi connectivity index (χ3n) is 2.21. The molecule has 0 aromatic heterocycles. The van der Waals surface area contributed by atoms with E-state index >= 15 is 0 Å². The fourth-order valence-electron chi connectivity index (χ4n) is 1.25.